The van der Waals surface area contributed by atoms with Gasteiger partial charge in [-0.2, -0.15) is 12.6 Å². The summed E-state index contributed by atoms with van der Waals surface area (Å²) in [5.41, 5.74) is 10.2. The molecule has 29 heavy (non-hydrogen) atoms. The SMILES string of the molecule is NC(=O)CC(NC(=O)C(CS)NC(=O)C(CC(=O)O)NC(=O)C(N)CO)C(=O)O. The van der Waals surface area contributed by atoms with Gasteiger partial charge in [0.05, 0.1) is 19.4 Å². The van der Waals surface area contributed by atoms with Crippen LogP contribution in [0.1, 0.15) is 12.8 Å². The van der Waals surface area contributed by atoms with E-state index >= 15 is 0 Å². The molecule has 0 spiro atoms. The van der Waals surface area contributed by atoms with E-state index in [0.29, 0.717) is 0 Å². The summed E-state index contributed by atoms with van der Waals surface area (Å²) in [5.74, 6) is -7.46. The largest absolute Gasteiger partial charge is 0.481 e. The van der Waals surface area contributed by atoms with Crippen LogP contribution in [0.25, 0.3) is 0 Å². The number of hydrogen-bond acceptors (Lipinski definition) is 9. The van der Waals surface area contributed by atoms with Crippen molar-refractivity contribution in [2.24, 2.45) is 11.5 Å². The number of carbonyl (C=O) groups is 6. The van der Waals surface area contributed by atoms with E-state index in [1.165, 1.54) is 0 Å². The molecular formula is C14H23N5O9S. The molecule has 0 aromatic carbocycles. The van der Waals surface area contributed by atoms with Crippen molar-refractivity contribution in [3.63, 3.8) is 0 Å². The average molecular weight is 437 g/mol. The van der Waals surface area contributed by atoms with Crippen molar-refractivity contribution >= 4 is 48.2 Å². The third-order valence-electron chi connectivity index (χ3n) is 3.38. The van der Waals surface area contributed by atoms with Gasteiger partial charge in [0.15, 0.2) is 0 Å². The topological polar surface area (TPSA) is 251 Å². The van der Waals surface area contributed by atoms with Gasteiger partial charge < -0.3 is 42.7 Å². The normalized spacial score (nSPS) is 14.6. The molecule has 164 valence electrons. The summed E-state index contributed by atoms with van der Waals surface area (Å²) in [6.45, 7) is -0.759. The minimum Gasteiger partial charge on any atom is -0.481 e. The smallest absolute Gasteiger partial charge is 0.326 e. The van der Waals surface area contributed by atoms with Gasteiger partial charge in [-0.1, -0.05) is 0 Å². The molecule has 0 rings (SSSR count). The van der Waals surface area contributed by atoms with E-state index < -0.39 is 79.2 Å². The van der Waals surface area contributed by atoms with E-state index in [4.69, 9.17) is 26.8 Å². The number of primary amides is 1. The highest BCUT2D eigenvalue weighted by Gasteiger charge is 2.31. The predicted molar refractivity (Wildman–Crippen MR) is 98.4 cm³/mol. The van der Waals surface area contributed by atoms with Gasteiger partial charge in [0.25, 0.3) is 0 Å². The van der Waals surface area contributed by atoms with Crippen LogP contribution in [0.5, 0.6) is 0 Å². The average Bonchev–Trinajstić information content (AvgIpc) is 2.62. The van der Waals surface area contributed by atoms with Crippen LogP contribution in [0.4, 0.5) is 0 Å². The first-order valence-corrected chi connectivity index (χ1v) is 8.67. The summed E-state index contributed by atoms with van der Waals surface area (Å²) < 4.78 is 0. The van der Waals surface area contributed by atoms with Crippen LogP contribution in [0.15, 0.2) is 0 Å². The zero-order chi connectivity index (χ0) is 22.7. The number of carboxylic acids is 2. The third-order valence-corrected chi connectivity index (χ3v) is 3.75. The molecule has 4 unspecified atom stereocenters. The van der Waals surface area contributed by atoms with Crippen LogP contribution in [-0.4, -0.2) is 87.4 Å². The Morgan fingerprint density at radius 3 is 1.72 bits per heavy atom. The molecule has 0 fully saturated rings. The van der Waals surface area contributed by atoms with Gasteiger partial charge in [0.1, 0.15) is 24.2 Å². The second-order valence-corrected chi connectivity index (χ2v) is 6.13. The molecule has 0 aliphatic carbocycles. The van der Waals surface area contributed by atoms with Crippen LogP contribution in [0, 0.1) is 0 Å². The van der Waals surface area contributed by atoms with E-state index in [1.807, 2.05) is 10.6 Å². The molecule has 0 aromatic rings. The molecule has 14 nitrogen and oxygen atoms in total. The number of aliphatic hydroxyl groups excluding tert-OH is 1. The number of aliphatic hydroxyl groups is 1. The predicted octanol–water partition coefficient (Wildman–Crippen LogP) is -4.88. The second kappa shape index (κ2) is 12.5. The van der Waals surface area contributed by atoms with Crippen molar-refractivity contribution in [2.45, 2.75) is 37.0 Å². The highest BCUT2D eigenvalue weighted by molar-refractivity contribution is 7.80. The summed E-state index contributed by atoms with van der Waals surface area (Å²) in [5, 5.41) is 32.9. The quantitative estimate of drug-likeness (QED) is 0.124. The molecular weight excluding hydrogens is 414 g/mol. The first-order valence-electron chi connectivity index (χ1n) is 8.04. The first kappa shape index (κ1) is 26.1. The lowest BCUT2D eigenvalue weighted by molar-refractivity contribution is -0.144. The Labute approximate surface area is 169 Å². The molecule has 0 saturated heterocycles. The number of rotatable bonds is 13. The molecule has 4 amide bonds. The van der Waals surface area contributed by atoms with E-state index in [-0.39, 0.29) is 5.75 Å². The number of aliphatic carboxylic acids is 2. The highest BCUT2D eigenvalue weighted by Crippen LogP contribution is 2.00. The monoisotopic (exact) mass is 437 g/mol. The summed E-state index contributed by atoms with van der Waals surface area (Å²) in [6.07, 6.45) is -1.57. The summed E-state index contributed by atoms with van der Waals surface area (Å²) in [4.78, 5) is 69.1. The maximum Gasteiger partial charge on any atom is 0.326 e. The number of nitrogens with two attached hydrogens (primary N) is 2. The number of carboxylic acid groups (broad SMARTS) is 2. The van der Waals surface area contributed by atoms with Gasteiger partial charge in [-0.15, -0.1) is 0 Å². The van der Waals surface area contributed by atoms with E-state index in [1.54, 1.807) is 0 Å². The fourth-order valence-corrected chi connectivity index (χ4v) is 2.14. The molecule has 0 bridgehead atoms. The van der Waals surface area contributed by atoms with Gasteiger partial charge in [-0.25, -0.2) is 4.79 Å². The number of nitrogens with one attached hydrogen (secondary N) is 3. The molecule has 15 heteroatoms. The number of carbonyl (C=O) groups excluding carboxylic acids is 4. The van der Waals surface area contributed by atoms with E-state index in [0.717, 1.165) is 0 Å². The number of hydrogen-bond donors (Lipinski definition) is 9. The lowest BCUT2D eigenvalue weighted by Crippen LogP contribution is -2.58. The van der Waals surface area contributed by atoms with Crippen LogP contribution >= 0.6 is 12.6 Å². The second-order valence-electron chi connectivity index (χ2n) is 5.76. The van der Waals surface area contributed by atoms with Crippen LogP contribution in [-0.2, 0) is 28.8 Å². The lowest BCUT2D eigenvalue weighted by atomic mass is 10.1. The molecule has 0 heterocycles. The molecule has 10 N–H and O–H groups in total. The molecule has 0 aliphatic heterocycles. The molecule has 0 radical (unpaired) electrons. The van der Waals surface area contributed by atoms with Crippen LogP contribution in [0.3, 0.4) is 0 Å². The lowest BCUT2D eigenvalue weighted by Gasteiger charge is -2.23. The van der Waals surface area contributed by atoms with Gasteiger partial charge >= 0.3 is 11.9 Å². The first-order chi connectivity index (χ1) is 13.4. The fourth-order valence-electron chi connectivity index (χ4n) is 1.89. The third kappa shape index (κ3) is 9.72. The minimum absolute atomic E-state index is 0.329. The maximum atomic E-state index is 12.3. The van der Waals surface area contributed by atoms with Crippen molar-refractivity contribution < 1.29 is 44.1 Å². The zero-order valence-electron chi connectivity index (χ0n) is 15.0. The maximum absolute atomic E-state index is 12.3. The number of amides is 4. The van der Waals surface area contributed by atoms with Crippen molar-refractivity contribution in [1.29, 1.82) is 0 Å². The van der Waals surface area contributed by atoms with Gasteiger partial charge in [0.2, 0.25) is 23.6 Å². The van der Waals surface area contributed by atoms with Crippen molar-refractivity contribution in [1.82, 2.24) is 16.0 Å². The van der Waals surface area contributed by atoms with Gasteiger partial charge in [-0.05, 0) is 0 Å². The minimum atomic E-state index is -1.66. The Balaban J connectivity index is 5.23. The highest BCUT2D eigenvalue weighted by atomic mass is 32.1. The summed E-state index contributed by atoms with van der Waals surface area (Å²) in [7, 11) is 0. The Bertz CT molecular complexity index is 659. The van der Waals surface area contributed by atoms with Crippen molar-refractivity contribution in [2.75, 3.05) is 12.4 Å². The Morgan fingerprint density at radius 2 is 1.31 bits per heavy atom. The Hall–Kier alpha value is -2.91. The fraction of sp³-hybridized carbons (Fsp3) is 0.571. The molecule has 4 atom stereocenters. The Morgan fingerprint density at radius 1 is 0.828 bits per heavy atom. The number of thiol groups is 1. The summed E-state index contributed by atoms with van der Waals surface area (Å²) in [6, 6.07) is -6.14. The summed E-state index contributed by atoms with van der Waals surface area (Å²) >= 11 is 3.86. The molecule has 0 aromatic heterocycles. The molecule has 0 saturated carbocycles. The van der Waals surface area contributed by atoms with Gasteiger partial charge in [-0.3, -0.25) is 24.0 Å². The van der Waals surface area contributed by atoms with Crippen LogP contribution in [0.2, 0.25) is 0 Å². The van der Waals surface area contributed by atoms with Crippen LogP contribution < -0.4 is 27.4 Å². The Kier molecular flexibility index (Phi) is 11.3. The van der Waals surface area contributed by atoms with E-state index in [2.05, 4.69) is 17.9 Å². The molecule has 0 aliphatic rings. The van der Waals surface area contributed by atoms with Gasteiger partial charge in [0, 0.05) is 5.75 Å². The van der Waals surface area contributed by atoms with Crippen molar-refractivity contribution in [3.05, 3.63) is 0 Å². The zero-order valence-corrected chi connectivity index (χ0v) is 15.9. The van der Waals surface area contributed by atoms with Crippen molar-refractivity contribution in [3.8, 4) is 0 Å². The van der Waals surface area contributed by atoms with E-state index in [9.17, 15) is 28.8 Å². The standard InChI is InChI=1S/C14H23N5O9S/c15-5(3-20)11(24)17-6(2-10(22)23)12(25)19-8(4-29)13(26)18-7(14(27)28)1-9(16)21/h5-8,20,29H,1-4,15H2,(H2,16,21)(H,17,24)(H,18,26)(H,19,25)(H,22,23)(H,27,28).